The van der Waals surface area contributed by atoms with Crippen LogP contribution in [0.1, 0.15) is 18.1 Å². The van der Waals surface area contributed by atoms with E-state index in [9.17, 15) is 13.2 Å². The summed E-state index contributed by atoms with van der Waals surface area (Å²) < 4.78 is 28.1. The maximum absolute atomic E-state index is 13.4. The summed E-state index contributed by atoms with van der Waals surface area (Å²) in [5.41, 5.74) is 3.59. The van der Waals surface area contributed by atoms with Crippen molar-refractivity contribution in [3.05, 3.63) is 101 Å². The van der Waals surface area contributed by atoms with Crippen molar-refractivity contribution < 1.29 is 13.2 Å². The van der Waals surface area contributed by atoms with E-state index in [2.05, 4.69) is 5.10 Å². The summed E-state index contributed by atoms with van der Waals surface area (Å²) in [5.74, 6) is -0.307. The molecule has 0 spiro atoms. The van der Waals surface area contributed by atoms with Gasteiger partial charge in [-0.25, -0.2) is 12.4 Å². The van der Waals surface area contributed by atoms with Crippen molar-refractivity contribution in [3.8, 4) is 0 Å². The molecule has 1 aromatic heterocycles. The summed E-state index contributed by atoms with van der Waals surface area (Å²) in [5, 5.41) is 6.91. The van der Waals surface area contributed by atoms with Gasteiger partial charge in [0.25, 0.3) is 15.9 Å². The molecule has 0 atom stereocenters. The highest BCUT2D eigenvalue weighted by atomic mass is 35.5. The van der Waals surface area contributed by atoms with Crippen molar-refractivity contribution >= 4 is 55.9 Å². The van der Waals surface area contributed by atoms with Crippen LogP contribution in [0.2, 0.25) is 5.02 Å². The number of benzene rings is 3. The average molecular weight is 490 g/mol. The number of carbonyl (C=O) groups excluding carboxylic acids is 1. The molecule has 3 aromatic carbocycles. The van der Waals surface area contributed by atoms with Gasteiger partial charge < -0.3 is 0 Å². The Bertz CT molecular complexity index is 1620. The van der Waals surface area contributed by atoms with E-state index in [0.717, 1.165) is 5.56 Å². The minimum Gasteiger partial charge on any atom is -0.267 e. The van der Waals surface area contributed by atoms with Crippen molar-refractivity contribution in [2.75, 3.05) is 5.01 Å². The molecule has 34 heavy (non-hydrogen) atoms. The van der Waals surface area contributed by atoms with E-state index in [1.54, 1.807) is 79.9 Å². The molecule has 0 bridgehead atoms. The molecule has 0 saturated heterocycles. The van der Waals surface area contributed by atoms with Crippen molar-refractivity contribution in [2.45, 2.75) is 18.7 Å². The molecule has 1 aliphatic heterocycles. The van der Waals surface area contributed by atoms with E-state index in [1.165, 1.54) is 8.98 Å². The molecule has 8 heteroatoms. The lowest BCUT2D eigenvalue weighted by Crippen LogP contribution is -2.21. The quantitative estimate of drug-likeness (QED) is 0.348. The summed E-state index contributed by atoms with van der Waals surface area (Å²) in [7, 11) is -3.83. The van der Waals surface area contributed by atoms with Gasteiger partial charge >= 0.3 is 0 Å². The number of carbonyl (C=O) groups is 1. The molecule has 5 rings (SSSR count). The molecule has 0 N–H and O–H groups in total. The fourth-order valence-electron chi connectivity index (χ4n) is 3.94. The first-order valence-corrected chi connectivity index (χ1v) is 12.4. The zero-order valence-corrected chi connectivity index (χ0v) is 20.0. The van der Waals surface area contributed by atoms with Gasteiger partial charge in [-0.2, -0.15) is 10.1 Å². The summed E-state index contributed by atoms with van der Waals surface area (Å²) in [6, 6.07) is 20.8. The topological polar surface area (TPSA) is 71.7 Å². The van der Waals surface area contributed by atoms with Gasteiger partial charge in [-0.05, 0) is 56.3 Å². The molecular formula is C26H20ClN3O3S. The normalized spacial score (nSPS) is 15.4. The second-order valence-corrected chi connectivity index (χ2v) is 10.3. The summed E-state index contributed by atoms with van der Waals surface area (Å²) in [6.45, 7) is 3.65. The Morgan fingerprint density at radius 1 is 0.941 bits per heavy atom. The predicted octanol–water partition coefficient (Wildman–Crippen LogP) is 5.65. The van der Waals surface area contributed by atoms with Crippen LogP contribution in [0.5, 0.6) is 0 Å². The van der Waals surface area contributed by atoms with E-state index in [4.69, 9.17) is 11.6 Å². The number of aryl methyl sites for hydroxylation is 1. The van der Waals surface area contributed by atoms with Crippen molar-refractivity contribution in [3.63, 3.8) is 0 Å². The van der Waals surface area contributed by atoms with Gasteiger partial charge in [0.1, 0.15) is 0 Å². The third kappa shape index (κ3) is 3.73. The Balaban J connectivity index is 1.61. The van der Waals surface area contributed by atoms with E-state index in [-0.39, 0.29) is 10.8 Å². The Labute approximate surface area is 202 Å². The first-order valence-electron chi connectivity index (χ1n) is 10.6. The van der Waals surface area contributed by atoms with Gasteiger partial charge in [-0.15, -0.1) is 0 Å². The molecule has 1 aliphatic rings. The monoisotopic (exact) mass is 489 g/mol. The molecule has 1 amide bonds. The van der Waals surface area contributed by atoms with Crippen LogP contribution >= 0.6 is 11.6 Å². The van der Waals surface area contributed by atoms with Crippen LogP contribution in [-0.2, 0) is 14.8 Å². The third-order valence-corrected chi connectivity index (χ3v) is 7.62. The predicted molar refractivity (Wildman–Crippen MR) is 136 cm³/mol. The van der Waals surface area contributed by atoms with Gasteiger partial charge in [0.05, 0.1) is 27.4 Å². The Morgan fingerprint density at radius 3 is 2.41 bits per heavy atom. The molecule has 0 saturated carbocycles. The Morgan fingerprint density at radius 2 is 1.68 bits per heavy atom. The van der Waals surface area contributed by atoms with Crippen molar-refractivity contribution in [1.82, 2.24) is 3.97 Å². The molecule has 0 unspecified atom stereocenters. The van der Waals surface area contributed by atoms with Crippen LogP contribution in [-0.4, -0.2) is 24.0 Å². The molecule has 0 radical (unpaired) electrons. The number of hydrazone groups is 1. The second kappa shape index (κ2) is 8.27. The van der Waals surface area contributed by atoms with Crippen molar-refractivity contribution in [1.29, 1.82) is 0 Å². The number of nitrogens with zero attached hydrogens (tertiary/aromatic N) is 3. The second-order valence-electron chi connectivity index (χ2n) is 8.06. The lowest BCUT2D eigenvalue weighted by molar-refractivity contribution is -0.114. The first-order chi connectivity index (χ1) is 16.3. The Hall–Kier alpha value is -3.68. The number of hydrogen-bond acceptors (Lipinski definition) is 4. The van der Waals surface area contributed by atoms with E-state index in [0.29, 0.717) is 38.5 Å². The largest absolute Gasteiger partial charge is 0.280 e. The summed E-state index contributed by atoms with van der Waals surface area (Å²) >= 11 is 6.08. The van der Waals surface area contributed by atoms with Crippen LogP contribution < -0.4 is 5.01 Å². The smallest absolute Gasteiger partial charge is 0.267 e. The summed E-state index contributed by atoms with van der Waals surface area (Å²) in [4.78, 5) is 13.4. The number of aromatic nitrogens is 1. The maximum Gasteiger partial charge on any atom is 0.280 e. The minimum absolute atomic E-state index is 0.194. The Kier molecular flexibility index (Phi) is 5.38. The highest BCUT2D eigenvalue weighted by Gasteiger charge is 2.29. The minimum atomic E-state index is -3.83. The fraction of sp³-hybridized carbons (Fsp3) is 0.0769. The SMILES string of the molecule is CC1=NN(c2cccc(Cl)c2)C(=O)/C1=C\c1cn(S(=O)(=O)c2ccc(C)cc2)c2ccccc12. The number of rotatable bonds is 4. The maximum atomic E-state index is 13.4. The van der Waals surface area contributed by atoms with E-state index < -0.39 is 10.0 Å². The molecule has 4 aromatic rings. The van der Waals surface area contributed by atoms with Crippen LogP contribution in [0.4, 0.5) is 5.69 Å². The molecule has 6 nitrogen and oxygen atoms in total. The van der Waals surface area contributed by atoms with Gasteiger partial charge in [0, 0.05) is 22.2 Å². The zero-order chi connectivity index (χ0) is 24.0. The van der Waals surface area contributed by atoms with Gasteiger partial charge in [0.2, 0.25) is 0 Å². The standard InChI is InChI=1S/C26H20ClN3O3S/c1-17-10-12-22(13-11-17)34(32,33)29-16-19(23-8-3-4-9-25(23)29)14-24-18(2)28-30(26(24)31)21-7-5-6-20(27)15-21/h3-16H,1-2H3/b24-14-. The number of amides is 1. The third-order valence-electron chi connectivity index (χ3n) is 5.70. The lowest BCUT2D eigenvalue weighted by Gasteiger charge is -2.11. The average Bonchev–Trinajstić information content (AvgIpc) is 3.33. The van der Waals surface area contributed by atoms with Crippen molar-refractivity contribution in [2.24, 2.45) is 5.10 Å². The molecule has 0 fully saturated rings. The number of hydrogen-bond donors (Lipinski definition) is 0. The fourth-order valence-corrected chi connectivity index (χ4v) is 5.50. The number of fused-ring (bicyclic) bond motifs is 1. The van der Waals surface area contributed by atoms with Gasteiger partial charge in [-0.1, -0.05) is 53.6 Å². The zero-order valence-electron chi connectivity index (χ0n) is 18.4. The van der Waals surface area contributed by atoms with E-state index >= 15 is 0 Å². The number of anilines is 1. The highest BCUT2D eigenvalue weighted by Crippen LogP contribution is 2.31. The van der Waals surface area contributed by atoms with Crippen LogP contribution in [0.15, 0.2) is 94.6 Å². The molecular weight excluding hydrogens is 470 g/mol. The van der Waals surface area contributed by atoms with Gasteiger partial charge in [0.15, 0.2) is 0 Å². The first kappa shape index (κ1) is 22.1. The van der Waals surface area contributed by atoms with Crippen LogP contribution in [0.3, 0.4) is 0 Å². The van der Waals surface area contributed by atoms with Gasteiger partial charge in [-0.3, -0.25) is 4.79 Å². The van der Waals surface area contributed by atoms with Crippen LogP contribution in [0.25, 0.3) is 17.0 Å². The number of para-hydroxylation sites is 1. The lowest BCUT2D eigenvalue weighted by atomic mass is 10.1. The van der Waals surface area contributed by atoms with E-state index in [1.807, 2.05) is 19.1 Å². The molecule has 170 valence electrons. The summed E-state index contributed by atoms with van der Waals surface area (Å²) in [6.07, 6.45) is 3.24. The molecule has 2 heterocycles. The van der Waals surface area contributed by atoms with Crippen LogP contribution in [0, 0.1) is 6.92 Å². The molecule has 0 aliphatic carbocycles. The highest BCUT2D eigenvalue weighted by molar-refractivity contribution is 7.90. The number of halogens is 1.